The summed E-state index contributed by atoms with van der Waals surface area (Å²) in [5.74, 6) is 0. The summed E-state index contributed by atoms with van der Waals surface area (Å²) in [5, 5.41) is 0. The van der Waals surface area contributed by atoms with Crippen molar-refractivity contribution in [2.75, 3.05) is 2.43 Å². The number of aryl methyl sites for hydroxylation is 4. The number of nitrogens with one attached hydrogen (secondary N) is 2. The zero-order chi connectivity index (χ0) is 21.9. The Balaban J connectivity index is 0.000000488. The maximum Gasteiger partial charge on any atom is 0.327 e. The molecule has 4 rings (SSSR count). The second kappa shape index (κ2) is 13.5. The van der Waals surface area contributed by atoms with Crippen molar-refractivity contribution in [1.29, 1.82) is 0 Å². The van der Waals surface area contributed by atoms with Crippen LogP contribution in [-0.2, 0) is 32.7 Å². The van der Waals surface area contributed by atoms with E-state index in [0.29, 0.717) is 11.3 Å². The van der Waals surface area contributed by atoms with Crippen LogP contribution in [0.4, 0.5) is 0 Å². The van der Waals surface area contributed by atoms with E-state index >= 15 is 0 Å². The SMILES string of the molecule is Cc1c(Br)cnc2c1[nH]c(=O)n2C.Cc1c(Br)cnc2c1[nH]c(=O)n2C.ICI.[CH3-].[V]. The van der Waals surface area contributed by atoms with Crippen molar-refractivity contribution < 1.29 is 18.6 Å². The van der Waals surface area contributed by atoms with E-state index in [0.717, 1.165) is 31.1 Å². The Morgan fingerprint density at radius 3 is 1.45 bits per heavy atom. The fourth-order valence-corrected chi connectivity index (χ4v) is 3.12. The van der Waals surface area contributed by atoms with Crippen LogP contribution in [0.25, 0.3) is 22.3 Å². The van der Waals surface area contributed by atoms with Crippen molar-refractivity contribution in [2.24, 2.45) is 14.1 Å². The van der Waals surface area contributed by atoms with Crippen LogP contribution < -0.4 is 11.4 Å². The molecule has 0 aliphatic rings. The van der Waals surface area contributed by atoms with Gasteiger partial charge in [0, 0.05) is 54.0 Å². The maximum absolute atomic E-state index is 11.3. The predicted octanol–water partition coefficient (Wildman–Crippen LogP) is 4.93. The number of hydrogen-bond donors (Lipinski definition) is 2. The first-order valence-electron chi connectivity index (χ1n) is 8.15. The number of alkyl halides is 2. The topological polar surface area (TPSA) is 101 Å². The van der Waals surface area contributed by atoms with Crippen LogP contribution in [0.5, 0.6) is 0 Å². The van der Waals surface area contributed by atoms with Crippen LogP contribution in [0.3, 0.4) is 0 Å². The average Bonchev–Trinajstić information content (AvgIpc) is 3.14. The van der Waals surface area contributed by atoms with E-state index in [2.05, 4.69) is 97.0 Å². The molecule has 4 heterocycles. The number of hydrogen-bond acceptors (Lipinski definition) is 4. The van der Waals surface area contributed by atoms with Crippen molar-refractivity contribution in [1.82, 2.24) is 29.1 Å². The summed E-state index contributed by atoms with van der Waals surface area (Å²) in [6.45, 7) is 3.87. The second-order valence-corrected chi connectivity index (χ2v) is 12.1. The van der Waals surface area contributed by atoms with Gasteiger partial charge in [-0.3, -0.25) is 9.13 Å². The largest absolute Gasteiger partial charge is 0.358 e. The standard InChI is InChI=1S/2C8H8BrN3O.CH2I2.CH3.V/c2*1-4-5(9)3-10-7-6(4)11-8(13)12(7)2;2-1-3;;/h2*3H,1-2H3,(H,11,13);1H2;1H3;/q;;;-1;. The molecule has 0 amide bonds. The molecule has 0 spiro atoms. The van der Waals surface area contributed by atoms with Gasteiger partial charge in [-0.2, -0.15) is 0 Å². The summed E-state index contributed by atoms with van der Waals surface area (Å²) >= 11 is 11.3. The molecule has 0 aromatic carbocycles. The van der Waals surface area contributed by atoms with Gasteiger partial charge < -0.3 is 17.4 Å². The molecule has 13 heteroatoms. The summed E-state index contributed by atoms with van der Waals surface area (Å²) in [5.41, 5.74) is 4.69. The fraction of sp³-hybridized carbons (Fsp3) is 0.278. The minimum absolute atomic E-state index is 0. The summed E-state index contributed by atoms with van der Waals surface area (Å²) in [4.78, 5) is 36.3. The van der Waals surface area contributed by atoms with Crippen molar-refractivity contribution in [2.45, 2.75) is 13.8 Å². The van der Waals surface area contributed by atoms with Gasteiger partial charge >= 0.3 is 11.4 Å². The number of imidazole rings is 2. The minimum Gasteiger partial charge on any atom is -0.358 e. The van der Waals surface area contributed by atoms with Gasteiger partial charge in [0.15, 0.2) is 11.3 Å². The third-order valence-corrected chi connectivity index (χ3v) is 5.82. The van der Waals surface area contributed by atoms with E-state index in [4.69, 9.17) is 0 Å². The molecule has 169 valence electrons. The second-order valence-electron chi connectivity index (χ2n) is 5.94. The molecule has 31 heavy (non-hydrogen) atoms. The van der Waals surface area contributed by atoms with Gasteiger partial charge in [0.05, 0.1) is 13.5 Å². The number of halogens is 4. The Kier molecular flexibility index (Phi) is 13.5. The number of H-pyrrole nitrogens is 2. The van der Waals surface area contributed by atoms with E-state index < -0.39 is 0 Å². The van der Waals surface area contributed by atoms with Gasteiger partial charge in [-0.1, -0.05) is 45.2 Å². The Bertz CT molecular complexity index is 1180. The van der Waals surface area contributed by atoms with E-state index in [-0.39, 0.29) is 37.4 Å². The minimum atomic E-state index is -0.135. The summed E-state index contributed by atoms with van der Waals surface area (Å²) in [7, 11) is 3.39. The van der Waals surface area contributed by atoms with E-state index in [9.17, 15) is 9.59 Å². The molecule has 2 N–H and O–H groups in total. The van der Waals surface area contributed by atoms with Crippen LogP contribution in [-0.4, -0.2) is 31.5 Å². The molecule has 0 bridgehead atoms. The van der Waals surface area contributed by atoms with Gasteiger partial charge in [0.1, 0.15) is 0 Å². The van der Waals surface area contributed by atoms with Crippen LogP contribution >= 0.6 is 77.0 Å². The fourth-order valence-electron chi connectivity index (χ4n) is 2.51. The number of pyridine rings is 2. The summed E-state index contributed by atoms with van der Waals surface area (Å²) < 4.78 is 5.99. The van der Waals surface area contributed by atoms with Crippen molar-refractivity contribution in [3.63, 3.8) is 0 Å². The zero-order valence-corrected chi connectivity index (χ0v) is 26.3. The Morgan fingerprint density at radius 1 is 0.871 bits per heavy atom. The molecule has 4 aromatic heterocycles. The molecule has 0 saturated heterocycles. The molecule has 8 nitrogen and oxygen atoms in total. The Hall–Kier alpha value is -0.156. The smallest absolute Gasteiger partial charge is 0.327 e. The third-order valence-electron chi connectivity index (χ3n) is 4.22. The molecule has 1 radical (unpaired) electrons. The molecule has 4 aromatic rings. The number of aromatic nitrogens is 6. The normalized spacial score (nSPS) is 9.81. The number of fused-ring (bicyclic) bond motifs is 2. The first kappa shape index (κ1) is 30.8. The van der Waals surface area contributed by atoms with Gasteiger partial charge in [-0.15, -0.1) is 0 Å². The van der Waals surface area contributed by atoms with E-state index in [1.807, 2.05) is 13.8 Å². The van der Waals surface area contributed by atoms with Gasteiger partial charge in [-0.05, 0) is 56.8 Å². The van der Waals surface area contributed by atoms with Crippen LogP contribution in [0.1, 0.15) is 11.1 Å². The van der Waals surface area contributed by atoms with Crippen molar-refractivity contribution in [3.05, 3.63) is 60.9 Å². The average molecular weight is 818 g/mol. The molecule has 0 saturated carbocycles. The van der Waals surface area contributed by atoms with Crippen molar-refractivity contribution in [3.8, 4) is 0 Å². The van der Waals surface area contributed by atoms with Gasteiger partial charge in [0.2, 0.25) is 0 Å². The maximum atomic E-state index is 11.3. The third kappa shape index (κ3) is 6.92. The molecule has 0 atom stereocenters. The molecule has 0 unspecified atom stereocenters. The zero-order valence-electron chi connectivity index (χ0n) is 17.4. The molecule has 0 aliphatic heterocycles. The predicted molar refractivity (Wildman–Crippen MR) is 147 cm³/mol. The van der Waals surface area contributed by atoms with E-state index in [1.165, 1.54) is 11.6 Å². The first-order valence-corrected chi connectivity index (χ1v) is 12.8. The quantitative estimate of drug-likeness (QED) is 0.150. The van der Waals surface area contributed by atoms with Crippen LogP contribution in [0.2, 0.25) is 0 Å². The van der Waals surface area contributed by atoms with Gasteiger partial charge in [0.25, 0.3) is 0 Å². The molecular weight excluding hydrogens is 797 g/mol. The molecule has 0 fully saturated rings. The Labute approximate surface area is 235 Å². The van der Waals surface area contributed by atoms with Crippen LogP contribution in [0, 0.1) is 21.3 Å². The first-order chi connectivity index (χ1) is 13.6. The summed E-state index contributed by atoms with van der Waals surface area (Å²) in [6.07, 6.45) is 3.40. The Morgan fingerprint density at radius 2 is 1.16 bits per heavy atom. The number of rotatable bonds is 0. The number of nitrogens with zero attached hydrogens (tertiary/aromatic N) is 4. The van der Waals surface area contributed by atoms with Gasteiger partial charge in [-0.25, -0.2) is 19.6 Å². The van der Waals surface area contributed by atoms with Crippen LogP contribution in [0.15, 0.2) is 30.9 Å². The van der Waals surface area contributed by atoms with E-state index in [1.54, 1.807) is 26.5 Å². The molecular formula is C18H21Br2I2N6O2V-. The summed E-state index contributed by atoms with van der Waals surface area (Å²) in [6, 6.07) is 0. The number of aromatic amines is 2. The monoisotopic (exact) mass is 816 g/mol. The van der Waals surface area contributed by atoms with Crippen molar-refractivity contribution >= 4 is 99.4 Å². The molecule has 0 aliphatic carbocycles.